The molecule has 0 aliphatic carbocycles. The van der Waals surface area contributed by atoms with Gasteiger partial charge in [-0.1, -0.05) is 6.92 Å². The predicted molar refractivity (Wildman–Crippen MR) is 54.8 cm³/mol. The van der Waals surface area contributed by atoms with Crippen molar-refractivity contribution in [2.24, 2.45) is 11.7 Å². The van der Waals surface area contributed by atoms with Crippen LogP contribution in [0.25, 0.3) is 0 Å². The number of hydrogen-bond acceptors (Lipinski definition) is 4. The van der Waals surface area contributed by atoms with E-state index in [9.17, 15) is 4.79 Å². The fourth-order valence-corrected chi connectivity index (χ4v) is 1.77. The Morgan fingerprint density at radius 1 is 1.71 bits per heavy atom. The zero-order chi connectivity index (χ0) is 10.6. The van der Waals surface area contributed by atoms with Gasteiger partial charge in [0.1, 0.15) is 0 Å². The number of esters is 1. The Labute approximate surface area is 85.4 Å². The lowest BCUT2D eigenvalue weighted by Gasteiger charge is -2.19. The summed E-state index contributed by atoms with van der Waals surface area (Å²) in [5.74, 6) is -0.145. The lowest BCUT2D eigenvalue weighted by Crippen LogP contribution is -2.33. The van der Waals surface area contributed by atoms with Gasteiger partial charge in [0.15, 0.2) is 0 Å². The molecule has 0 saturated carbocycles. The molecule has 0 bridgehead atoms. The van der Waals surface area contributed by atoms with Crippen molar-refractivity contribution in [2.45, 2.75) is 26.3 Å². The van der Waals surface area contributed by atoms with Crippen LogP contribution in [0.3, 0.4) is 0 Å². The standard InChI is InChI=1S/C10H20N2O2/c1-3-14-10(13)8(2)6-12-5-4-9(11)7-12/h8-9H,3-7,11H2,1-2H3/t8?,9-/m1/s1. The third-order valence-electron chi connectivity index (χ3n) is 2.53. The maximum absolute atomic E-state index is 11.3. The largest absolute Gasteiger partial charge is 0.466 e. The van der Waals surface area contributed by atoms with E-state index >= 15 is 0 Å². The Bertz CT molecular complexity index is 197. The molecular formula is C10H20N2O2. The molecule has 82 valence electrons. The summed E-state index contributed by atoms with van der Waals surface area (Å²) in [5.41, 5.74) is 5.78. The molecule has 1 rings (SSSR count). The van der Waals surface area contributed by atoms with Crippen molar-refractivity contribution in [3.63, 3.8) is 0 Å². The second-order valence-electron chi connectivity index (χ2n) is 3.96. The molecule has 2 atom stereocenters. The third kappa shape index (κ3) is 3.27. The molecule has 0 amide bonds. The molecule has 1 heterocycles. The van der Waals surface area contributed by atoms with E-state index in [2.05, 4.69) is 4.90 Å². The van der Waals surface area contributed by atoms with E-state index in [0.29, 0.717) is 6.61 Å². The number of rotatable bonds is 4. The summed E-state index contributed by atoms with van der Waals surface area (Å²) < 4.78 is 4.94. The summed E-state index contributed by atoms with van der Waals surface area (Å²) in [4.78, 5) is 13.6. The van der Waals surface area contributed by atoms with E-state index in [1.54, 1.807) is 0 Å². The second kappa shape index (κ2) is 5.32. The van der Waals surface area contributed by atoms with Crippen LogP contribution in [-0.4, -0.2) is 43.2 Å². The molecule has 1 fully saturated rings. The smallest absolute Gasteiger partial charge is 0.309 e. The van der Waals surface area contributed by atoms with Gasteiger partial charge in [-0.15, -0.1) is 0 Å². The zero-order valence-electron chi connectivity index (χ0n) is 9.03. The molecule has 0 radical (unpaired) electrons. The Balaban J connectivity index is 2.26. The highest BCUT2D eigenvalue weighted by Gasteiger charge is 2.23. The van der Waals surface area contributed by atoms with E-state index in [-0.39, 0.29) is 17.9 Å². The van der Waals surface area contributed by atoms with Crippen LogP contribution in [0.15, 0.2) is 0 Å². The van der Waals surface area contributed by atoms with Gasteiger partial charge >= 0.3 is 5.97 Å². The van der Waals surface area contributed by atoms with Gasteiger partial charge < -0.3 is 15.4 Å². The van der Waals surface area contributed by atoms with Crippen molar-refractivity contribution in [2.75, 3.05) is 26.2 Å². The van der Waals surface area contributed by atoms with Crippen molar-refractivity contribution in [3.8, 4) is 0 Å². The summed E-state index contributed by atoms with van der Waals surface area (Å²) >= 11 is 0. The summed E-state index contributed by atoms with van der Waals surface area (Å²) in [6, 6.07) is 0.282. The number of hydrogen-bond donors (Lipinski definition) is 1. The van der Waals surface area contributed by atoms with Gasteiger partial charge in [-0.2, -0.15) is 0 Å². The Morgan fingerprint density at radius 2 is 2.43 bits per heavy atom. The van der Waals surface area contributed by atoms with E-state index < -0.39 is 0 Å². The quantitative estimate of drug-likeness (QED) is 0.659. The van der Waals surface area contributed by atoms with E-state index in [4.69, 9.17) is 10.5 Å². The van der Waals surface area contributed by atoms with Crippen LogP contribution in [0.5, 0.6) is 0 Å². The Morgan fingerprint density at radius 3 is 2.93 bits per heavy atom. The maximum Gasteiger partial charge on any atom is 0.309 e. The summed E-state index contributed by atoms with van der Waals surface area (Å²) in [6.07, 6.45) is 1.04. The van der Waals surface area contributed by atoms with Gasteiger partial charge in [-0.25, -0.2) is 0 Å². The van der Waals surface area contributed by atoms with Crippen LogP contribution in [0.2, 0.25) is 0 Å². The lowest BCUT2D eigenvalue weighted by atomic mass is 10.2. The minimum absolute atomic E-state index is 0.0414. The summed E-state index contributed by atoms with van der Waals surface area (Å²) in [7, 11) is 0. The fourth-order valence-electron chi connectivity index (χ4n) is 1.77. The van der Waals surface area contributed by atoms with Crippen LogP contribution in [0.1, 0.15) is 20.3 Å². The van der Waals surface area contributed by atoms with Gasteiger partial charge in [0.25, 0.3) is 0 Å². The Hall–Kier alpha value is -0.610. The van der Waals surface area contributed by atoms with Crippen molar-refractivity contribution >= 4 is 5.97 Å². The molecular weight excluding hydrogens is 180 g/mol. The third-order valence-corrected chi connectivity index (χ3v) is 2.53. The van der Waals surface area contributed by atoms with Crippen molar-refractivity contribution in [3.05, 3.63) is 0 Å². The number of ether oxygens (including phenoxy) is 1. The van der Waals surface area contributed by atoms with Gasteiger partial charge in [-0.3, -0.25) is 4.79 Å². The fraction of sp³-hybridized carbons (Fsp3) is 0.900. The van der Waals surface area contributed by atoms with Gasteiger partial charge in [0, 0.05) is 19.1 Å². The molecule has 4 heteroatoms. The van der Waals surface area contributed by atoms with Crippen molar-refractivity contribution in [1.82, 2.24) is 4.90 Å². The zero-order valence-corrected chi connectivity index (χ0v) is 9.03. The van der Waals surface area contributed by atoms with Gasteiger partial charge in [-0.05, 0) is 19.9 Å². The molecule has 0 aromatic carbocycles. The lowest BCUT2D eigenvalue weighted by molar-refractivity contribution is -0.147. The minimum Gasteiger partial charge on any atom is -0.466 e. The SMILES string of the molecule is CCOC(=O)C(C)CN1CC[C@@H](N)C1. The first kappa shape index (κ1) is 11.5. The van der Waals surface area contributed by atoms with Crippen LogP contribution < -0.4 is 5.73 Å². The molecule has 1 unspecified atom stereocenters. The van der Waals surface area contributed by atoms with E-state index in [0.717, 1.165) is 26.1 Å². The molecule has 1 aliphatic heterocycles. The minimum atomic E-state index is -0.104. The van der Waals surface area contributed by atoms with Crippen LogP contribution in [0, 0.1) is 5.92 Å². The topological polar surface area (TPSA) is 55.6 Å². The first-order chi connectivity index (χ1) is 6.63. The molecule has 4 nitrogen and oxygen atoms in total. The number of carbonyl (C=O) groups is 1. The Kier molecular flexibility index (Phi) is 4.35. The first-order valence-electron chi connectivity index (χ1n) is 5.28. The van der Waals surface area contributed by atoms with Crippen molar-refractivity contribution in [1.29, 1.82) is 0 Å². The monoisotopic (exact) mass is 200 g/mol. The molecule has 2 N–H and O–H groups in total. The summed E-state index contributed by atoms with van der Waals surface area (Å²) in [6.45, 7) is 6.88. The number of nitrogens with two attached hydrogens (primary N) is 1. The molecule has 1 aliphatic rings. The number of likely N-dealkylation sites (tertiary alicyclic amines) is 1. The molecule has 0 spiro atoms. The highest BCUT2D eigenvalue weighted by atomic mass is 16.5. The van der Waals surface area contributed by atoms with Crippen LogP contribution in [0.4, 0.5) is 0 Å². The molecule has 14 heavy (non-hydrogen) atoms. The van der Waals surface area contributed by atoms with E-state index in [1.165, 1.54) is 0 Å². The van der Waals surface area contributed by atoms with E-state index in [1.807, 2.05) is 13.8 Å². The van der Waals surface area contributed by atoms with Crippen LogP contribution in [-0.2, 0) is 9.53 Å². The molecule has 0 aromatic rings. The number of carbonyl (C=O) groups excluding carboxylic acids is 1. The average molecular weight is 200 g/mol. The van der Waals surface area contributed by atoms with Gasteiger partial charge in [0.2, 0.25) is 0 Å². The summed E-state index contributed by atoms with van der Waals surface area (Å²) in [5, 5.41) is 0. The maximum atomic E-state index is 11.3. The average Bonchev–Trinajstić information content (AvgIpc) is 2.51. The second-order valence-corrected chi connectivity index (χ2v) is 3.96. The highest BCUT2D eigenvalue weighted by molar-refractivity contribution is 5.72. The number of nitrogens with zero attached hydrogens (tertiary/aromatic N) is 1. The van der Waals surface area contributed by atoms with Crippen LogP contribution >= 0.6 is 0 Å². The predicted octanol–water partition coefficient (Wildman–Crippen LogP) is 0.219. The molecule has 0 aromatic heterocycles. The highest BCUT2D eigenvalue weighted by Crippen LogP contribution is 2.10. The molecule has 1 saturated heterocycles. The normalized spacial score (nSPS) is 24.9. The first-order valence-corrected chi connectivity index (χ1v) is 5.28. The van der Waals surface area contributed by atoms with Crippen molar-refractivity contribution < 1.29 is 9.53 Å². The van der Waals surface area contributed by atoms with Gasteiger partial charge in [0.05, 0.1) is 12.5 Å².